The number of Topliss-reactive ketones (excluding diaryl/α,β-unsaturated/α-hetero) is 2. The maximum Gasteiger partial charge on any atom is 0.135 e. The largest absolute Gasteiger partial charge is 0.384 e. The first-order valence-electron chi connectivity index (χ1n) is 4.66. The molecule has 0 spiro atoms. The average molecular weight is 200 g/mol. The van der Waals surface area contributed by atoms with Gasteiger partial charge in [0.15, 0.2) is 0 Å². The maximum atomic E-state index is 11.1. The number of carbonyl (C=O) groups excluding carboxylic acids is 3. The number of aldehydes is 1. The number of hydrogen-bond acceptors (Lipinski definition) is 4. The first-order chi connectivity index (χ1) is 6.70. The van der Waals surface area contributed by atoms with E-state index < -0.39 is 0 Å². The Morgan fingerprint density at radius 1 is 1.07 bits per heavy atom. The molecule has 0 atom stereocenters. The molecule has 0 saturated heterocycles. The van der Waals surface area contributed by atoms with E-state index in [2.05, 4.69) is 0 Å². The van der Waals surface area contributed by atoms with Gasteiger partial charge in [0.05, 0.1) is 6.61 Å². The predicted molar refractivity (Wildman–Crippen MR) is 51.0 cm³/mol. The topological polar surface area (TPSA) is 60.4 Å². The van der Waals surface area contributed by atoms with Crippen molar-refractivity contribution in [2.45, 2.75) is 32.1 Å². The van der Waals surface area contributed by atoms with E-state index in [4.69, 9.17) is 4.74 Å². The normalized spacial score (nSPS) is 9.79. The van der Waals surface area contributed by atoms with Gasteiger partial charge in [-0.2, -0.15) is 0 Å². The van der Waals surface area contributed by atoms with Crippen LogP contribution < -0.4 is 0 Å². The summed E-state index contributed by atoms with van der Waals surface area (Å²) in [5.74, 6) is 0.00849. The van der Waals surface area contributed by atoms with Crippen LogP contribution in [0.25, 0.3) is 0 Å². The Morgan fingerprint density at radius 3 is 2.14 bits per heavy atom. The van der Waals surface area contributed by atoms with Gasteiger partial charge in [0.2, 0.25) is 0 Å². The van der Waals surface area contributed by atoms with Gasteiger partial charge in [-0.25, -0.2) is 0 Å². The lowest BCUT2D eigenvalue weighted by atomic mass is 10.1. The molecule has 0 fully saturated rings. The standard InChI is InChI=1S/C10H16O4/c1-14-8-6-10(13)5-4-9(12)3-2-7-11/h7H,2-6,8H2,1H3. The van der Waals surface area contributed by atoms with Crippen molar-refractivity contribution in [2.24, 2.45) is 0 Å². The fourth-order valence-corrected chi connectivity index (χ4v) is 0.965. The summed E-state index contributed by atoms with van der Waals surface area (Å²) in [5.41, 5.74) is 0. The van der Waals surface area contributed by atoms with Crippen LogP contribution >= 0.6 is 0 Å². The van der Waals surface area contributed by atoms with Gasteiger partial charge in [-0.15, -0.1) is 0 Å². The van der Waals surface area contributed by atoms with Crippen LogP contribution in [-0.4, -0.2) is 31.6 Å². The van der Waals surface area contributed by atoms with Crippen LogP contribution in [-0.2, 0) is 19.1 Å². The minimum atomic E-state index is -0.0251. The van der Waals surface area contributed by atoms with E-state index in [1.54, 1.807) is 0 Å². The predicted octanol–water partition coefficient (Wildman–Crippen LogP) is 0.920. The van der Waals surface area contributed by atoms with Crippen LogP contribution in [0, 0.1) is 0 Å². The fraction of sp³-hybridized carbons (Fsp3) is 0.700. The molecule has 0 amide bonds. The third-order valence-corrected chi connectivity index (χ3v) is 1.81. The van der Waals surface area contributed by atoms with Crippen molar-refractivity contribution >= 4 is 17.9 Å². The van der Waals surface area contributed by atoms with E-state index in [1.165, 1.54) is 7.11 Å². The van der Waals surface area contributed by atoms with Gasteiger partial charge < -0.3 is 9.53 Å². The summed E-state index contributed by atoms with van der Waals surface area (Å²) in [6.45, 7) is 0.404. The summed E-state index contributed by atoms with van der Waals surface area (Å²) in [5, 5.41) is 0. The van der Waals surface area contributed by atoms with Gasteiger partial charge >= 0.3 is 0 Å². The molecule has 0 rings (SSSR count). The Hall–Kier alpha value is -1.03. The van der Waals surface area contributed by atoms with Crippen molar-refractivity contribution in [3.05, 3.63) is 0 Å². The molecule has 4 heteroatoms. The third kappa shape index (κ3) is 7.61. The number of ketones is 2. The number of rotatable bonds is 9. The molecule has 0 heterocycles. The van der Waals surface area contributed by atoms with Gasteiger partial charge in [-0.05, 0) is 0 Å². The molecule has 0 unspecified atom stereocenters. The van der Waals surface area contributed by atoms with Gasteiger partial charge in [0.25, 0.3) is 0 Å². The molecule has 0 aliphatic carbocycles. The highest BCUT2D eigenvalue weighted by Gasteiger charge is 2.06. The molecule has 4 nitrogen and oxygen atoms in total. The Balaban J connectivity index is 3.45. The summed E-state index contributed by atoms with van der Waals surface area (Å²) in [6.07, 6.45) is 2.09. The molecule has 0 aromatic carbocycles. The summed E-state index contributed by atoms with van der Waals surface area (Å²) in [6, 6.07) is 0. The van der Waals surface area contributed by atoms with Crippen molar-refractivity contribution in [2.75, 3.05) is 13.7 Å². The van der Waals surface area contributed by atoms with Crippen molar-refractivity contribution in [1.82, 2.24) is 0 Å². The highest BCUT2D eigenvalue weighted by atomic mass is 16.5. The highest BCUT2D eigenvalue weighted by Crippen LogP contribution is 2.00. The average Bonchev–Trinajstić information content (AvgIpc) is 2.20. The molecule has 0 bridgehead atoms. The van der Waals surface area contributed by atoms with Crippen molar-refractivity contribution in [3.63, 3.8) is 0 Å². The molecular formula is C10H16O4. The van der Waals surface area contributed by atoms with Crippen LogP contribution in [0.15, 0.2) is 0 Å². The van der Waals surface area contributed by atoms with Crippen molar-refractivity contribution in [3.8, 4) is 0 Å². The number of carbonyl (C=O) groups is 3. The molecule has 0 aromatic heterocycles. The van der Waals surface area contributed by atoms with E-state index in [1.807, 2.05) is 0 Å². The van der Waals surface area contributed by atoms with E-state index in [0.29, 0.717) is 19.3 Å². The lowest BCUT2D eigenvalue weighted by molar-refractivity contribution is -0.125. The summed E-state index contributed by atoms with van der Waals surface area (Å²) in [7, 11) is 1.53. The molecule has 0 saturated carbocycles. The van der Waals surface area contributed by atoms with Crippen molar-refractivity contribution in [1.29, 1.82) is 0 Å². The SMILES string of the molecule is COCCC(=O)CCC(=O)CCC=O. The smallest absolute Gasteiger partial charge is 0.135 e. The van der Waals surface area contributed by atoms with Crippen LogP contribution in [0.1, 0.15) is 32.1 Å². The Labute approximate surface area is 83.6 Å². The second-order valence-corrected chi connectivity index (χ2v) is 3.03. The van der Waals surface area contributed by atoms with E-state index in [9.17, 15) is 14.4 Å². The number of hydrogen-bond donors (Lipinski definition) is 0. The Bertz CT molecular complexity index is 198. The molecule has 0 aliphatic rings. The van der Waals surface area contributed by atoms with Gasteiger partial charge in [0.1, 0.15) is 17.9 Å². The zero-order chi connectivity index (χ0) is 10.8. The zero-order valence-corrected chi connectivity index (χ0v) is 8.45. The van der Waals surface area contributed by atoms with Crippen LogP contribution in [0.2, 0.25) is 0 Å². The molecular weight excluding hydrogens is 184 g/mol. The fourth-order valence-electron chi connectivity index (χ4n) is 0.965. The van der Waals surface area contributed by atoms with Crippen LogP contribution in [0.4, 0.5) is 0 Å². The molecule has 0 aliphatic heterocycles. The zero-order valence-electron chi connectivity index (χ0n) is 8.45. The Kier molecular flexibility index (Phi) is 7.93. The van der Waals surface area contributed by atoms with E-state index in [0.717, 1.165) is 0 Å². The summed E-state index contributed by atoms with van der Waals surface area (Å²) in [4.78, 5) is 32.1. The number of methoxy groups -OCH3 is 1. The maximum absolute atomic E-state index is 11.1. The molecule has 0 radical (unpaired) electrons. The second kappa shape index (κ2) is 8.56. The lowest BCUT2D eigenvalue weighted by Crippen LogP contribution is -2.06. The van der Waals surface area contributed by atoms with Crippen molar-refractivity contribution < 1.29 is 19.1 Å². The van der Waals surface area contributed by atoms with Gasteiger partial charge in [-0.3, -0.25) is 9.59 Å². The van der Waals surface area contributed by atoms with Crippen LogP contribution in [0.5, 0.6) is 0 Å². The monoisotopic (exact) mass is 200 g/mol. The first kappa shape index (κ1) is 13.0. The molecule has 0 aromatic rings. The number of ether oxygens (including phenoxy) is 1. The third-order valence-electron chi connectivity index (χ3n) is 1.81. The van der Waals surface area contributed by atoms with Crippen LogP contribution in [0.3, 0.4) is 0 Å². The molecule has 80 valence electrons. The van der Waals surface area contributed by atoms with Gasteiger partial charge in [-0.1, -0.05) is 0 Å². The summed E-state index contributed by atoms with van der Waals surface area (Å²) < 4.78 is 4.73. The molecule has 0 N–H and O–H groups in total. The van der Waals surface area contributed by atoms with E-state index >= 15 is 0 Å². The second-order valence-electron chi connectivity index (χ2n) is 3.03. The first-order valence-corrected chi connectivity index (χ1v) is 4.66. The quantitative estimate of drug-likeness (QED) is 0.519. The van der Waals surface area contributed by atoms with Gasteiger partial charge in [0, 0.05) is 39.2 Å². The summed E-state index contributed by atoms with van der Waals surface area (Å²) >= 11 is 0. The molecule has 14 heavy (non-hydrogen) atoms. The lowest BCUT2D eigenvalue weighted by Gasteiger charge is -1.99. The minimum absolute atomic E-state index is 0.0251. The minimum Gasteiger partial charge on any atom is -0.384 e. The van der Waals surface area contributed by atoms with E-state index in [-0.39, 0.29) is 37.2 Å². The highest BCUT2D eigenvalue weighted by molar-refractivity contribution is 5.86. The Morgan fingerprint density at radius 2 is 1.64 bits per heavy atom.